The van der Waals surface area contributed by atoms with Crippen molar-refractivity contribution in [3.63, 3.8) is 0 Å². The van der Waals surface area contributed by atoms with E-state index < -0.39 is 11.9 Å². The maximum atomic E-state index is 13.0. The summed E-state index contributed by atoms with van der Waals surface area (Å²) < 4.78 is 5.26. The first-order chi connectivity index (χ1) is 12.5. The Bertz CT molecular complexity index is 829. The first-order valence-corrected chi connectivity index (χ1v) is 9.57. The highest BCUT2D eigenvalue weighted by molar-refractivity contribution is 7.10. The van der Waals surface area contributed by atoms with Gasteiger partial charge in [-0.2, -0.15) is 0 Å². The van der Waals surface area contributed by atoms with Crippen LogP contribution in [0.4, 0.5) is 0 Å². The topological polar surface area (TPSA) is 66.8 Å². The van der Waals surface area contributed by atoms with Gasteiger partial charge in [0.15, 0.2) is 0 Å². The molecule has 1 aliphatic heterocycles. The molecule has 1 aliphatic rings. The largest absolute Gasteiger partial charge is 0.497 e. The van der Waals surface area contributed by atoms with E-state index in [0.717, 1.165) is 22.4 Å². The number of methoxy groups -OCH3 is 1. The summed E-state index contributed by atoms with van der Waals surface area (Å²) in [6.45, 7) is 4.69. The van der Waals surface area contributed by atoms with Gasteiger partial charge in [-0.1, -0.05) is 19.1 Å². The lowest BCUT2D eigenvalue weighted by atomic mass is 9.89. The number of carboxylic acid groups (broad SMARTS) is 1. The molecule has 2 atom stereocenters. The molecule has 0 unspecified atom stereocenters. The fourth-order valence-corrected chi connectivity index (χ4v) is 4.63. The van der Waals surface area contributed by atoms with Crippen LogP contribution in [0.2, 0.25) is 0 Å². The number of aryl methyl sites for hydroxylation is 1. The van der Waals surface area contributed by atoms with E-state index in [9.17, 15) is 14.7 Å². The van der Waals surface area contributed by atoms with Crippen molar-refractivity contribution in [3.05, 3.63) is 51.2 Å². The van der Waals surface area contributed by atoms with Crippen LogP contribution < -0.4 is 4.74 Å². The molecule has 1 aromatic heterocycles. The number of hydrogen-bond acceptors (Lipinski definition) is 4. The molecule has 0 bridgehead atoms. The number of rotatable bonds is 5. The normalized spacial score (nSPS) is 19.6. The van der Waals surface area contributed by atoms with Crippen LogP contribution in [0.5, 0.6) is 5.75 Å². The third kappa shape index (κ3) is 3.33. The van der Waals surface area contributed by atoms with E-state index in [1.807, 2.05) is 43.5 Å². The van der Waals surface area contributed by atoms with Gasteiger partial charge in [0.05, 0.1) is 18.6 Å². The standard InChI is InChI=1S/C20H23NO4S/c1-4-15-12(2)26-11-18(15)19(22)21-9-16(17(10-21)20(23)24)13-6-5-7-14(8-13)25-3/h5-8,11,16-17H,4,9-10H2,1-3H3,(H,23,24)/t16-,17+/m0/s1. The van der Waals surface area contributed by atoms with Gasteiger partial charge in [-0.15, -0.1) is 11.3 Å². The number of carbonyl (C=O) groups excluding carboxylic acids is 1. The van der Waals surface area contributed by atoms with Crippen molar-refractivity contribution in [2.24, 2.45) is 5.92 Å². The molecule has 6 heteroatoms. The summed E-state index contributed by atoms with van der Waals surface area (Å²) in [6, 6.07) is 7.46. The highest BCUT2D eigenvalue weighted by Gasteiger charge is 2.41. The molecule has 138 valence electrons. The second-order valence-electron chi connectivity index (χ2n) is 6.58. The lowest BCUT2D eigenvalue weighted by molar-refractivity contribution is -0.141. The molecule has 2 aromatic rings. The Balaban J connectivity index is 1.89. The number of ether oxygens (including phenoxy) is 1. The predicted molar refractivity (Wildman–Crippen MR) is 101 cm³/mol. The molecule has 2 heterocycles. The number of carboxylic acids is 1. The molecule has 1 saturated heterocycles. The van der Waals surface area contributed by atoms with Gasteiger partial charge >= 0.3 is 5.97 Å². The van der Waals surface area contributed by atoms with Gasteiger partial charge in [0.25, 0.3) is 5.91 Å². The predicted octanol–water partition coefficient (Wildman–Crippen LogP) is 3.57. The Morgan fingerprint density at radius 1 is 1.35 bits per heavy atom. The van der Waals surface area contributed by atoms with Gasteiger partial charge in [0, 0.05) is 29.3 Å². The zero-order chi connectivity index (χ0) is 18.8. The molecular weight excluding hydrogens is 350 g/mol. The quantitative estimate of drug-likeness (QED) is 0.870. The second-order valence-corrected chi connectivity index (χ2v) is 7.66. The minimum Gasteiger partial charge on any atom is -0.497 e. The minimum absolute atomic E-state index is 0.0668. The molecule has 1 aromatic carbocycles. The molecular formula is C20H23NO4S. The highest BCUT2D eigenvalue weighted by atomic mass is 32.1. The van der Waals surface area contributed by atoms with Crippen LogP contribution in [-0.2, 0) is 11.2 Å². The molecule has 1 N–H and O–H groups in total. The summed E-state index contributed by atoms with van der Waals surface area (Å²) >= 11 is 1.57. The Morgan fingerprint density at radius 3 is 2.77 bits per heavy atom. The van der Waals surface area contributed by atoms with E-state index >= 15 is 0 Å². The van der Waals surface area contributed by atoms with Crippen LogP contribution in [0.1, 0.15) is 39.2 Å². The molecule has 0 spiro atoms. The summed E-state index contributed by atoms with van der Waals surface area (Å²) in [6.07, 6.45) is 0.798. The SMILES string of the molecule is CCc1c(C(=O)N2C[C@@H](C(=O)O)[C@H](c3cccc(OC)c3)C2)csc1C. The van der Waals surface area contributed by atoms with E-state index in [1.165, 1.54) is 0 Å². The fourth-order valence-electron chi connectivity index (χ4n) is 3.70. The van der Waals surface area contributed by atoms with Crippen LogP contribution in [-0.4, -0.2) is 42.1 Å². The zero-order valence-corrected chi connectivity index (χ0v) is 16.0. The van der Waals surface area contributed by atoms with Crippen molar-refractivity contribution < 1.29 is 19.4 Å². The Morgan fingerprint density at radius 2 is 2.12 bits per heavy atom. The van der Waals surface area contributed by atoms with Crippen molar-refractivity contribution in [2.75, 3.05) is 20.2 Å². The first-order valence-electron chi connectivity index (χ1n) is 8.69. The lowest BCUT2D eigenvalue weighted by Crippen LogP contribution is -2.30. The third-order valence-corrected chi connectivity index (χ3v) is 6.09. The fraction of sp³-hybridized carbons (Fsp3) is 0.400. The van der Waals surface area contributed by atoms with Crippen LogP contribution in [0, 0.1) is 12.8 Å². The smallest absolute Gasteiger partial charge is 0.308 e. The van der Waals surface area contributed by atoms with Gasteiger partial charge in [0.2, 0.25) is 0 Å². The van der Waals surface area contributed by atoms with Crippen LogP contribution >= 0.6 is 11.3 Å². The summed E-state index contributed by atoms with van der Waals surface area (Å²) in [5, 5.41) is 11.6. The van der Waals surface area contributed by atoms with Crippen molar-refractivity contribution in [3.8, 4) is 5.75 Å². The number of hydrogen-bond donors (Lipinski definition) is 1. The van der Waals surface area contributed by atoms with E-state index in [0.29, 0.717) is 17.9 Å². The summed E-state index contributed by atoms with van der Waals surface area (Å²) in [4.78, 5) is 27.7. The average molecular weight is 373 g/mol. The Hall–Kier alpha value is -2.34. The molecule has 3 rings (SSSR count). The van der Waals surface area contributed by atoms with Crippen molar-refractivity contribution in [1.29, 1.82) is 0 Å². The Kier molecular flexibility index (Phi) is 5.32. The van der Waals surface area contributed by atoms with Gasteiger partial charge < -0.3 is 14.7 Å². The van der Waals surface area contributed by atoms with Crippen LogP contribution in [0.25, 0.3) is 0 Å². The maximum absolute atomic E-state index is 13.0. The number of carbonyl (C=O) groups is 2. The van der Waals surface area contributed by atoms with Crippen molar-refractivity contribution in [2.45, 2.75) is 26.2 Å². The number of amides is 1. The van der Waals surface area contributed by atoms with Crippen LogP contribution in [0.15, 0.2) is 29.6 Å². The minimum atomic E-state index is -0.870. The second kappa shape index (κ2) is 7.50. The summed E-state index contributed by atoms with van der Waals surface area (Å²) in [7, 11) is 1.59. The number of likely N-dealkylation sites (tertiary alicyclic amines) is 1. The van der Waals surface area contributed by atoms with Gasteiger partial charge in [-0.05, 0) is 36.6 Å². The zero-order valence-electron chi connectivity index (χ0n) is 15.2. The number of benzene rings is 1. The van der Waals surface area contributed by atoms with E-state index in [2.05, 4.69) is 0 Å². The monoisotopic (exact) mass is 373 g/mol. The average Bonchev–Trinajstić information content (AvgIpc) is 3.25. The summed E-state index contributed by atoms with van der Waals surface area (Å²) in [5.74, 6) is -1.10. The highest BCUT2D eigenvalue weighted by Crippen LogP contribution is 2.36. The van der Waals surface area contributed by atoms with Gasteiger partial charge in [-0.3, -0.25) is 9.59 Å². The van der Waals surface area contributed by atoms with Crippen LogP contribution in [0.3, 0.4) is 0 Å². The van der Waals surface area contributed by atoms with Crippen molar-refractivity contribution >= 4 is 23.2 Å². The molecule has 0 aliphatic carbocycles. The molecule has 0 radical (unpaired) electrons. The molecule has 0 saturated carbocycles. The van der Waals surface area contributed by atoms with Crippen molar-refractivity contribution in [1.82, 2.24) is 4.90 Å². The summed E-state index contributed by atoms with van der Waals surface area (Å²) in [5.41, 5.74) is 2.67. The molecule has 1 fully saturated rings. The lowest BCUT2D eigenvalue weighted by Gasteiger charge is -2.17. The molecule has 5 nitrogen and oxygen atoms in total. The molecule has 26 heavy (non-hydrogen) atoms. The number of thiophene rings is 1. The number of nitrogens with zero attached hydrogens (tertiary/aromatic N) is 1. The van der Waals surface area contributed by atoms with Gasteiger partial charge in [-0.25, -0.2) is 0 Å². The van der Waals surface area contributed by atoms with E-state index in [1.54, 1.807) is 23.3 Å². The van der Waals surface area contributed by atoms with E-state index in [-0.39, 0.29) is 18.4 Å². The third-order valence-electron chi connectivity index (χ3n) is 5.13. The molecule has 1 amide bonds. The van der Waals surface area contributed by atoms with E-state index in [4.69, 9.17) is 4.74 Å². The number of aliphatic carboxylic acids is 1. The maximum Gasteiger partial charge on any atom is 0.308 e. The Labute approximate surface area is 157 Å². The first kappa shape index (κ1) is 18.5. The van der Waals surface area contributed by atoms with Gasteiger partial charge in [0.1, 0.15) is 5.75 Å².